The van der Waals surface area contributed by atoms with Gasteiger partial charge in [0.2, 0.25) is 0 Å². The van der Waals surface area contributed by atoms with Gasteiger partial charge < -0.3 is 19.2 Å². The molecule has 0 radical (unpaired) electrons. The van der Waals surface area contributed by atoms with Crippen molar-refractivity contribution in [2.75, 3.05) is 19.8 Å². The third-order valence-electron chi connectivity index (χ3n) is 4.25. The predicted octanol–water partition coefficient (Wildman–Crippen LogP) is 3.53. The zero-order chi connectivity index (χ0) is 17.6. The molecule has 3 rings (SSSR count). The molecule has 0 aliphatic carbocycles. The Morgan fingerprint density at radius 2 is 2.04 bits per heavy atom. The Hall–Kier alpha value is -2.05. The number of nitrogens with zero attached hydrogens (tertiary/aromatic N) is 1. The van der Waals surface area contributed by atoms with Crippen molar-refractivity contribution in [3.05, 3.63) is 42.2 Å². The molecule has 1 aromatic heterocycles. The first-order valence-electron chi connectivity index (χ1n) is 8.85. The summed E-state index contributed by atoms with van der Waals surface area (Å²) in [6, 6.07) is 8.07. The van der Waals surface area contributed by atoms with E-state index in [2.05, 4.69) is 18.0 Å². The van der Waals surface area contributed by atoms with Gasteiger partial charge in [-0.2, -0.15) is 0 Å². The minimum Gasteiger partial charge on any atom is -0.490 e. The Labute approximate surface area is 149 Å². The van der Waals surface area contributed by atoms with Crippen LogP contribution in [0.3, 0.4) is 0 Å². The summed E-state index contributed by atoms with van der Waals surface area (Å²) in [5.41, 5.74) is 3.13. The van der Waals surface area contributed by atoms with Gasteiger partial charge in [-0.1, -0.05) is 13.0 Å². The number of ether oxygens (including phenoxy) is 2. The van der Waals surface area contributed by atoms with E-state index in [9.17, 15) is 5.02 Å². The number of aromatic nitrogens is 1. The van der Waals surface area contributed by atoms with Gasteiger partial charge in [0, 0.05) is 30.5 Å². The van der Waals surface area contributed by atoms with Gasteiger partial charge in [-0.25, -0.2) is 0 Å². The smallest absolute Gasteiger partial charge is 0.454 e. The maximum Gasteiger partial charge on any atom is 0.454 e. The maximum absolute atomic E-state index is 9.57. The predicted molar refractivity (Wildman–Crippen MR) is 98.1 cm³/mol. The van der Waals surface area contributed by atoms with Crippen LogP contribution in [0.4, 0.5) is 0 Å². The summed E-state index contributed by atoms with van der Waals surface area (Å²) in [5.74, 6) is 1.70. The molecule has 0 saturated carbocycles. The first-order chi connectivity index (χ1) is 12.2. The van der Waals surface area contributed by atoms with Crippen LogP contribution in [0.2, 0.25) is 6.32 Å². The standard InChI is InChI=1S/C19H24BNO4/c1-3-7-24-19-9-14(5-6-18(19)23-4-2)15-8-16(12-21-11-15)17-10-20(22)25-13-17/h5-6,8-9,11-12,17,22H,3-4,7,10,13H2,1-2H3. The van der Waals surface area contributed by atoms with E-state index in [-0.39, 0.29) is 5.92 Å². The van der Waals surface area contributed by atoms with Crippen molar-refractivity contribution in [2.24, 2.45) is 0 Å². The van der Waals surface area contributed by atoms with Crippen LogP contribution in [0.5, 0.6) is 11.5 Å². The molecule has 2 aromatic rings. The molecule has 1 unspecified atom stereocenters. The molecule has 1 aromatic carbocycles. The zero-order valence-electron chi connectivity index (χ0n) is 14.8. The van der Waals surface area contributed by atoms with E-state index >= 15 is 0 Å². The fourth-order valence-electron chi connectivity index (χ4n) is 2.97. The summed E-state index contributed by atoms with van der Waals surface area (Å²) >= 11 is 0. The summed E-state index contributed by atoms with van der Waals surface area (Å²) in [5, 5.41) is 9.57. The van der Waals surface area contributed by atoms with Crippen LogP contribution in [0.1, 0.15) is 31.7 Å². The van der Waals surface area contributed by atoms with Gasteiger partial charge >= 0.3 is 7.12 Å². The van der Waals surface area contributed by atoms with E-state index in [4.69, 9.17) is 14.1 Å². The van der Waals surface area contributed by atoms with Crippen molar-refractivity contribution in [1.82, 2.24) is 4.98 Å². The minimum atomic E-state index is -0.673. The second kappa shape index (κ2) is 8.36. The van der Waals surface area contributed by atoms with Crippen LogP contribution in [-0.2, 0) is 4.65 Å². The highest BCUT2D eigenvalue weighted by atomic mass is 16.5. The second-order valence-corrected chi connectivity index (χ2v) is 6.17. The first-order valence-corrected chi connectivity index (χ1v) is 8.85. The largest absolute Gasteiger partial charge is 0.490 e. The Morgan fingerprint density at radius 1 is 1.16 bits per heavy atom. The molecule has 6 heteroatoms. The highest BCUT2D eigenvalue weighted by molar-refractivity contribution is 6.43. The number of rotatable bonds is 7. The average molecular weight is 341 g/mol. The molecule has 1 aliphatic rings. The summed E-state index contributed by atoms with van der Waals surface area (Å²) in [6.07, 6.45) is 5.24. The Balaban J connectivity index is 1.87. The second-order valence-electron chi connectivity index (χ2n) is 6.17. The summed E-state index contributed by atoms with van der Waals surface area (Å²) in [7, 11) is -0.673. The van der Waals surface area contributed by atoms with Gasteiger partial charge in [0.15, 0.2) is 11.5 Å². The fraction of sp³-hybridized carbons (Fsp3) is 0.421. The molecule has 2 heterocycles. The quantitative estimate of drug-likeness (QED) is 0.781. The molecule has 1 N–H and O–H groups in total. The van der Waals surface area contributed by atoms with Crippen molar-refractivity contribution >= 4 is 7.12 Å². The molecule has 25 heavy (non-hydrogen) atoms. The monoisotopic (exact) mass is 341 g/mol. The van der Waals surface area contributed by atoms with Crippen molar-refractivity contribution in [1.29, 1.82) is 0 Å². The molecular formula is C19H24BNO4. The lowest BCUT2D eigenvalue weighted by molar-refractivity contribution is 0.277. The minimum absolute atomic E-state index is 0.181. The maximum atomic E-state index is 9.57. The SMILES string of the molecule is CCCOc1cc(-c2cncc(C3COB(O)C3)c2)ccc1OCC. The highest BCUT2D eigenvalue weighted by Crippen LogP contribution is 2.35. The molecular weight excluding hydrogens is 317 g/mol. The molecule has 0 amide bonds. The molecule has 1 aliphatic heterocycles. The average Bonchev–Trinajstić information content (AvgIpc) is 3.08. The third kappa shape index (κ3) is 4.33. The van der Waals surface area contributed by atoms with E-state index in [0.29, 0.717) is 26.1 Å². The van der Waals surface area contributed by atoms with Gasteiger partial charge in [-0.05, 0) is 49.0 Å². The Bertz CT molecular complexity index is 710. The number of hydrogen-bond acceptors (Lipinski definition) is 5. The van der Waals surface area contributed by atoms with E-state index in [1.165, 1.54) is 0 Å². The first kappa shape index (κ1) is 17.8. The Kier molecular flexibility index (Phi) is 5.94. The lowest BCUT2D eigenvalue weighted by Gasteiger charge is -2.14. The molecule has 5 nitrogen and oxygen atoms in total. The highest BCUT2D eigenvalue weighted by Gasteiger charge is 2.30. The summed E-state index contributed by atoms with van der Waals surface area (Å²) < 4.78 is 16.8. The fourth-order valence-corrected chi connectivity index (χ4v) is 2.97. The van der Waals surface area contributed by atoms with Gasteiger partial charge in [0.05, 0.1) is 13.2 Å². The van der Waals surface area contributed by atoms with Crippen LogP contribution in [0.15, 0.2) is 36.7 Å². The van der Waals surface area contributed by atoms with E-state index < -0.39 is 7.12 Å². The molecule has 1 fully saturated rings. The van der Waals surface area contributed by atoms with E-state index in [1.54, 1.807) is 0 Å². The van der Waals surface area contributed by atoms with Crippen molar-refractivity contribution < 1.29 is 19.2 Å². The summed E-state index contributed by atoms with van der Waals surface area (Å²) in [6.45, 7) is 5.82. The molecule has 132 valence electrons. The van der Waals surface area contributed by atoms with Gasteiger partial charge in [0.25, 0.3) is 0 Å². The van der Waals surface area contributed by atoms with Gasteiger partial charge in [-0.3, -0.25) is 4.98 Å². The molecule has 1 atom stereocenters. The molecule has 1 saturated heterocycles. The van der Waals surface area contributed by atoms with Gasteiger partial charge in [0.1, 0.15) is 0 Å². The van der Waals surface area contributed by atoms with Crippen LogP contribution in [0.25, 0.3) is 11.1 Å². The van der Waals surface area contributed by atoms with Gasteiger partial charge in [-0.15, -0.1) is 0 Å². The zero-order valence-corrected chi connectivity index (χ0v) is 14.8. The molecule has 0 spiro atoms. The van der Waals surface area contributed by atoms with Crippen LogP contribution in [-0.4, -0.2) is 36.9 Å². The van der Waals surface area contributed by atoms with Crippen LogP contribution >= 0.6 is 0 Å². The number of benzene rings is 1. The normalized spacial score (nSPS) is 16.9. The number of hydrogen-bond donors (Lipinski definition) is 1. The van der Waals surface area contributed by atoms with Crippen molar-refractivity contribution in [2.45, 2.75) is 32.5 Å². The lowest BCUT2D eigenvalue weighted by Crippen LogP contribution is -2.07. The van der Waals surface area contributed by atoms with Crippen molar-refractivity contribution in [3.8, 4) is 22.6 Å². The van der Waals surface area contributed by atoms with Crippen molar-refractivity contribution in [3.63, 3.8) is 0 Å². The third-order valence-corrected chi connectivity index (χ3v) is 4.25. The van der Waals surface area contributed by atoms with Crippen LogP contribution in [0, 0.1) is 0 Å². The van der Waals surface area contributed by atoms with E-state index in [0.717, 1.165) is 34.6 Å². The topological polar surface area (TPSA) is 60.8 Å². The van der Waals surface area contributed by atoms with Crippen LogP contribution < -0.4 is 9.47 Å². The van der Waals surface area contributed by atoms with E-state index in [1.807, 2.05) is 37.5 Å². The number of pyridine rings is 1. The molecule has 0 bridgehead atoms. The summed E-state index contributed by atoms with van der Waals surface area (Å²) in [4.78, 5) is 4.37. The Morgan fingerprint density at radius 3 is 2.76 bits per heavy atom. The lowest BCUT2D eigenvalue weighted by atomic mass is 9.80.